The van der Waals surface area contributed by atoms with Gasteiger partial charge < -0.3 is 15.4 Å². The molecule has 1 saturated carbocycles. The van der Waals surface area contributed by atoms with E-state index in [1.807, 2.05) is 38.1 Å². The number of alkyl carbamates (subject to hydrolysis) is 1. The third-order valence-corrected chi connectivity index (χ3v) is 5.72. The zero-order valence-electron chi connectivity index (χ0n) is 15.7. The largest absolute Gasteiger partial charge is 0.446 e. The molecule has 2 aromatic heterocycles. The summed E-state index contributed by atoms with van der Waals surface area (Å²) in [5.74, 6) is 0.977. The summed E-state index contributed by atoms with van der Waals surface area (Å²) >= 11 is 1.33. The molecule has 9 heteroatoms. The first kappa shape index (κ1) is 18.5. The van der Waals surface area contributed by atoms with E-state index in [1.54, 1.807) is 0 Å². The van der Waals surface area contributed by atoms with Gasteiger partial charge in [-0.2, -0.15) is 5.10 Å². The average Bonchev–Trinajstić information content (AvgIpc) is 3.36. The van der Waals surface area contributed by atoms with Crippen molar-refractivity contribution in [2.24, 2.45) is 0 Å². The lowest BCUT2D eigenvalue weighted by Gasteiger charge is -2.14. The van der Waals surface area contributed by atoms with E-state index in [9.17, 15) is 9.59 Å². The maximum atomic E-state index is 11.8. The van der Waals surface area contributed by atoms with Crippen molar-refractivity contribution in [3.8, 4) is 0 Å². The Morgan fingerprint density at radius 1 is 1.32 bits per heavy atom. The first-order chi connectivity index (χ1) is 13.5. The van der Waals surface area contributed by atoms with Crippen molar-refractivity contribution >= 4 is 39.2 Å². The Morgan fingerprint density at radius 2 is 2.18 bits per heavy atom. The highest BCUT2D eigenvalue weighted by Gasteiger charge is 2.30. The zero-order chi connectivity index (χ0) is 19.7. The number of H-pyrrole nitrogens is 2. The molecule has 1 amide bonds. The third-order valence-electron chi connectivity index (χ3n) is 4.85. The van der Waals surface area contributed by atoms with Gasteiger partial charge >= 0.3 is 6.09 Å². The number of amides is 1. The average molecular weight is 401 g/mol. The van der Waals surface area contributed by atoms with Gasteiger partial charge in [0.2, 0.25) is 0 Å². The molecule has 0 radical (unpaired) electrons. The van der Waals surface area contributed by atoms with Crippen molar-refractivity contribution in [3.63, 3.8) is 0 Å². The summed E-state index contributed by atoms with van der Waals surface area (Å²) in [6.07, 6.45) is 2.14. The fourth-order valence-corrected chi connectivity index (χ4v) is 4.25. The van der Waals surface area contributed by atoms with Crippen LogP contribution >= 0.6 is 11.5 Å². The Balaban J connectivity index is 1.38. The van der Waals surface area contributed by atoms with Crippen LogP contribution in [-0.4, -0.2) is 32.8 Å². The molecule has 0 spiro atoms. The number of nitrogens with one attached hydrogen (secondary N) is 4. The van der Waals surface area contributed by atoms with E-state index in [0.29, 0.717) is 11.2 Å². The van der Waals surface area contributed by atoms with Gasteiger partial charge in [-0.25, -0.2) is 4.79 Å². The van der Waals surface area contributed by atoms with Crippen LogP contribution < -0.4 is 16.2 Å². The second-order valence-corrected chi connectivity index (χ2v) is 8.26. The summed E-state index contributed by atoms with van der Waals surface area (Å²) < 4.78 is 9.15. The van der Waals surface area contributed by atoms with Gasteiger partial charge in [-0.1, -0.05) is 11.5 Å². The standard InChI is InChI=1S/C19H23N5O3S/c1-10(2)20-19(26)27-13-5-3-11(7-13)15-9-17(23-22-15)21-12-4-6-16-14(8-12)18(25)24-28-16/h4,6,8-11,13H,3,5,7H2,1-2H3,(H,20,26)(H,24,25)(H2,21,22,23). The van der Waals surface area contributed by atoms with Gasteiger partial charge in [0.05, 0.1) is 10.1 Å². The van der Waals surface area contributed by atoms with Gasteiger partial charge in [0.25, 0.3) is 5.56 Å². The van der Waals surface area contributed by atoms with Gasteiger partial charge in [0.1, 0.15) is 6.10 Å². The molecule has 148 valence electrons. The Bertz CT molecular complexity index is 1040. The number of anilines is 2. The van der Waals surface area contributed by atoms with Crippen LogP contribution in [0, 0.1) is 0 Å². The molecular formula is C19H23N5O3S. The summed E-state index contributed by atoms with van der Waals surface area (Å²) in [5, 5.41) is 14.1. The van der Waals surface area contributed by atoms with Gasteiger partial charge in [-0.05, 0) is 51.3 Å². The van der Waals surface area contributed by atoms with Crippen LogP contribution in [-0.2, 0) is 4.74 Å². The van der Waals surface area contributed by atoms with E-state index >= 15 is 0 Å². The minimum Gasteiger partial charge on any atom is -0.446 e. The molecular weight excluding hydrogens is 378 g/mol. The first-order valence-corrected chi connectivity index (χ1v) is 10.2. The number of fused-ring (bicyclic) bond motifs is 1. The first-order valence-electron chi connectivity index (χ1n) is 9.38. The minimum atomic E-state index is -0.355. The molecule has 1 aliphatic carbocycles. The van der Waals surface area contributed by atoms with E-state index in [0.717, 1.165) is 35.3 Å². The topological polar surface area (TPSA) is 112 Å². The van der Waals surface area contributed by atoms with Gasteiger partial charge in [0, 0.05) is 29.4 Å². The van der Waals surface area contributed by atoms with Gasteiger partial charge in [-0.15, -0.1) is 0 Å². The normalized spacial score (nSPS) is 19.2. The number of benzene rings is 1. The Morgan fingerprint density at radius 3 is 3.00 bits per heavy atom. The molecule has 1 fully saturated rings. The molecule has 8 nitrogen and oxygen atoms in total. The van der Waals surface area contributed by atoms with E-state index in [4.69, 9.17) is 4.74 Å². The molecule has 1 aliphatic rings. The Kier molecular flexibility index (Phi) is 5.08. The summed E-state index contributed by atoms with van der Waals surface area (Å²) in [6, 6.07) is 7.70. The Hall–Kier alpha value is -2.81. The lowest BCUT2D eigenvalue weighted by Crippen LogP contribution is -2.33. The molecule has 2 atom stereocenters. The number of ether oxygens (including phenoxy) is 1. The molecule has 0 aliphatic heterocycles. The number of aromatic nitrogens is 3. The molecule has 0 bridgehead atoms. The van der Waals surface area contributed by atoms with Crippen LogP contribution in [0.25, 0.3) is 10.1 Å². The molecule has 4 rings (SSSR count). The predicted octanol–water partition coefficient (Wildman–Crippen LogP) is 3.83. The smallest absolute Gasteiger partial charge is 0.407 e. The Labute approximate surface area is 165 Å². The van der Waals surface area contributed by atoms with E-state index in [2.05, 4.69) is 25.2 Å². The highest BCUT2D eigenvalue weighted by molar-refractivity contribution is 7.13. The third kappa shape index (κ3) is 4.04. The molecule has 2 unspecified atom stereocenters. The SMILES string of the molecule is CC(C)NC(=O)OC1CCC(c2cc(Nc3ccc4s[nH]c(=O)c4c3)n[nH]2)C1. The number of hydrogen-bond donors (Lipinski definition) is 4. The monoisotopic (exact) mass is 401 g/mol. The molecule has 28 heavy (non-hydrogen) atoms. The van der Waals surface area contributed by atoms with Crippen LogP contribution in [0.15, 0.2) is 29.1 Å². The zero-order valence-corrected chi connectivity index (χ0v) is 16.6. The lowest BCUT2D eigenvalue weighted by atomic mass is 10.0. The number of carbonyl (C=O) groups excluding carboxylic acids is 1. The molecule has 1 aromatic carbocycles. The molecule has 4 N–H and O–H groups in total. The van der Waals surface area contributed by atoms with Crippen LogP contribution in [0.5, 0.6) is 0 Å². The number of rotatable bonds is 5. The van der Waals surface area contributed by atoms with Crippen LogP contribution in [0.3, 0.4) is 0 Å². The molecule has 3 aromatic rings. The van der Waals surface area contributed by atoms with Crippen molar-refractivity contribution in [2.75, 3.05) is 5.32 Å². The summed E-state index contributed by atoms with van der Waals surface area (Å²) in [6.45, 7) is 3.81. The molecule has 0 saturated heterocycles. The van der Waals surface area contributed by atoms with Crippen molar-refractivity contribution in [1.29, 1.82) is 0 Å². The highest BCUT2D eigenvalue weighted by atomic mass is 32.1. The van der Waals surface area contributed by atoms with Crippen LogP contribution in [0.1, 0.15) is 44.7 Å². The predicted molar refractivity (Wildman–Crippen MR) is 109 cm³/mol. The number of nitrogens with zero attached hydrogens (tertiary/aromatic N) is 1. The van der Waals surface area contributed by atoms with Crippen molar-refractivity contribution in [3.05, 3.63) is 40.3 Å². The minimum absolute atomic E-state index is 0.0647. The molecule has 2 heterocycles. The van der Waals surface area contributed by atoms with Crippen molar-refractivity contribution < 1.29 is 9.53 Å². The lowest BCUT2D eigenvalue weighted by molar-refractivity contribution is 0.0981. The summed E-state index contributed by atoms with van der Waals surface area (Å²) in [7, 11) is 0. The van der Waals surface area contributed by atoms with Gasteiger partial charge in [0.15, 0.2) is 5.82 Å². The van der Waals surface area contributed by atoms with Gasteiger partial charge in [-0.3, -0.25) is 14.3 Å². The van der Waals surface area contributed by atoms with Crippen LogP contribution in [0.2, 0.25) is 0 Å². The van der Waals surface area contributed by atoms with Crippen molar-refractivity contribution in [1.82, 2.24) is 19.9 Å². The van der Waals surface area contributed by atoms with E-state index in [-0.39, 0.29) is 29.7 Å². The second-order valence-electron chi connectivity index (χ2n) is 7.41. The highest BCUT2D eigenvalue weighted by Crippen LogP contribution is 2.36. The van der Waals surface area contributed by atoms with Crippen LogP contribution in [0.4, 0.5) is 16.3 Å². The number of hydrogen-bond acceptors (Lipinski definition) is 6. The van der Waals surface area contributed by atoms with E-state index < -0.39 is 0 Å². The fourth-order valence-electron chi connectivity index (χ4n) is 3.54. The maximum absolute atomic E-state index is 11.8. The quantitative estimate of drug-likeness (QED) is 0.519. The maximum Gasteiger partial charge on any atom is 0.407 e. The van der Waals surface area contributed by atoms with E-state index in [1.165, 1.54) is 11.5 Å². The second kappa shape index (κ2) is 7.67. The summed E-state index contributed by atoms with van der Waals surface area (Å²) in [5.41, 5.74) is 1.75. The fraction of sp³-hybridized carbons (Fsp3) is 0.421. The van der Waals surface area contributed by atoms with Crippen molar-refractivity contribution in [2.45, 2.75) is 51.2 Å². The number of carbonyl (C=O) groups is 1. The summed E-state index contributed by atoms with van der Waals surface area (Å²) in [4.78, 5) is 23.6. The number of aromatic amines is 2.